The highest BCUT2D eigenvalue weighted by Gasteiger charge is 2.43. The Morgan fingerprint density at radius 3 is 2.24 bits per heavy atom. The zero-order valence-corrected chi connectivity index (χ0v) is 22.6. The van der Waals surface area contributed by atoms with E-state index in [9.17, 15) is 13.2 Å². The average Bonchev–Trinajstić information content (AvgIpc) is 3.34. The van der Waals surface area contributed by atoms with Crippen molar-refractivity contribution < 1.29 is 22.0 Å². The van der Waals surface area contributed by atoms with Crippen molar-refractivity contribution in [1.82, 2.24) is 9.29 Å². The first-order chi connectivity index (χ1) is 18.1. The molecule has 2 saturated heterocycles. The maximum atomic E-state index is 15.4. The standard InChI is InChI=1S/C26H32ClF2N5O3S/c27-23-16-19(26(28,29)18-3-5-20(30)6-4-18)17-24(31-23)32-12-14-33(15-13-32)38(36,37)22-9-7-21(8-10-22)34-11-1-2-25(34)35/h7-10,16-18,20H,1-6,11-15,30H2. The van der Waals surface area contributed by atoms with Crippen molar-refractivity contribution in [2.45, 2.75) is 55.4 Å². The van der Waals surface area contributed by atoms with E-state index in [0.29, 0.717) is 50.2 Å². The van der Waals surface area contributed by atoms with Gasteiger partial charge in [0.05, 0.1) is 4.90 Å². The van der Waals surface area contributed by atoms with Crippen LogP contribution >= 0.6 is 11.6 Å². The number of hydrogen-bond donors (Lipinski definition) is 1. The molecule has 38 heavy (non-hydrogen) atoms. The molecule has 12 heteroatoms. The first-order valence-corrected chi connectivity index (χ1v) is 14.8. The second kappa shape index (κ2) is 10.7. The molecule has 8 nitrogen and oxygen atoms in total. The van der Waals surface area contributed by atoms with Gasteiger partial charge in [-0.05, 0) is 68.5 Å². The van der Waals surface area contributed by atoms with Gasteiger partial charge in [0.1, 0.15) is 11.0 Å². The molecule has 1 saturated carbocycles. The van der Waals surface area contributed by atoms with Gasteiger partial charge in [-0.15, -0.1) is 0 Å². The summed E-state index contributed by atoms with van der Waals surface area (Å²) >= 11 is 6.17. The lowest BCUT2D eigenvalue weighted by Crippen LogP contribution is -2.49. The van der Waals surface area contributed by atoms with Crippen LogP contribution in [0.3, 0.4) is 0 Å². The smallest absolute Gasteiger partial charge is 0.276 e. The molecule has 0 unspecified atom stereocenters. The van der Waals surface area contributed by atoms with Crippen molar-refractivity contribution in [3.05, 3.63) is 47.1 Å². The fourth-order valence-corrected chi connectivity index (χ4v) is 7.21. The van der Waals surface area contributed by atoms with Crippen molar-refractivity contribution in [2.24, 2.45) is 11.7 Å². The number of amides is 1. The molecule has 5 rings (SSSR count). The Hall–Kier alpha value is -2.34. The molecule has 3 heterocycles. The Balaban J connectivity index is 1.26. The molecule has 1 amide bonds. The van der Waals surface area contributed by atoms with Gasteiger partial charge in [-0.25, -0.2) is 22.2 Å². The molecule has 2 aromatic rings. The number of piperazine rings is 1. The summed E-state index contributed by atoms with van der Waals surface area (Å²) in [5, 5.41) is -0.0173. The van der Waals surface area contributed by atoms with Crippen molar-refractivity contribution >= 4 is 39.0 Å². The monoisotopic (exact) mass is 567 g/mol. The highest BCUT2D eigenvalue weighted by atomic mass is 35.5. The van der Waals surface area contributed by atoms with Gasteiger partial charge in [-0.2, -0.15) is 4.31 Å². The summed E-state index contributed by atoms with van der Waals surface area (Å²) in [4.78, 5) is 19.8. The summed E-state index contributed by atoms with van der Waals surface area (Å²) < 4.78 is 58.7. The SMILES string of the molecule is NC1CCC(C(F)(F)c2cc(Cl)nc(N3CCN(S(=O)(=O)c4ccc(N5CCCC5=O)cc4)CC3)c2)CC1. The minimum atomic E-state index is -3.75. The van der Waals surface area contributed by atoms with Crippen LogP contribution in [-0.2, 0) is 20.7 Å². The number of pyridine rings is 1. The summed E-state index contributed by atoms with van der Waals surface area (Å²) in [6.07, 6.45) is 3.15. The molecule has 0 atom stereocenters. The predicted octanol–water partition coefficient (Wildman–Crippen LogP) is 3.98. The van der Waals surface area contributed by atoms with Crippen LogP contribution < -0.4 is 15.5 Å². The van der Waals surface area contributed by atoms with Gasteiger partial charge in [-0.1, -0.05) is 11.6 Å². The molecule has 0 bridgehead atoms. The van der Waals surface area contributed by atoms with Gasteiger partial charge < -0.3 is 15.5 Å². The van der Waals surface area contributed by atoms with E-state index in [4.69, 9.17) is 17.3 Å². The van der Waals surface area contributed by atoms with Crippen LogP contribution in [0.5, 0.6) is 0 Å². The highest BCUT2D eigenvalue weighted by Crippen LogP contribution is 2.44. The number of halogens is 3. The zero-order valence-electron chi connectivity index (χ0n) is 21.0. The Morgan fingerprint density at radius 1 is 0.974 bits per heavy atom. The van der Waals surface area contributed by atoms with Crippen LogP contribution in [0.25, 0.3) is 0 Å². The molecular formula is C26H32ClF2N5O3S. The fourth-order valence-electron chi connectivity index (χ4n) is 5.58. The number of aromatic nitrogens is 1. The lowest BCUT2D eigenvalue weighted by atomic mass is 9.80. The summed E-state index contributed by atoms with van der Waals surface area (Å²) in [5.41, 5.74) is 6.42. The van der Waals surface area contributed by atoms with E-state index in [1.54, 1.807) is 21.9 Å². The summed E-state index contributed by atoms with van der Waals surface area (Å²) in [5.74, 6) is -3.50. The van der Waals surface area contributed by atoms with Crippen LogP contribution in [0.4, 0.5) is 20.3 Å². The molecule has 1 aromatic carbocycles. The number of hydrogen-bond acceptors (Lipinski definition) is 6. The number of rotatable bonds is 6. The van der Waals surface area contributed by atoms with Gasteiger partial charge >= 0.3 is 0 Å². The van der Waals surface area contributed by atoms with Crippen LogP contribution in [0, 0.1) is 5.92 Å². The van der Waals surface area contributed by atoms with Gasteiger partial charge in [0.2, 0.25) is 15.9 Å². The maximum Gasteiger partial charge on any atom is 0.276 e. The lowest BCUT2D eigenvalue weighted by molar-refractivity contribution is -0.117. The van der Waals surface area contributed by atoms with E-state index in [2.05, 4.69) is 4.98 Å². The van der Waals surface area contributed by atoms with Crippen LogP contribution in [0.2, 0.25) is 5.15 Å². The number of carbonyl (C=O) groups is 1. The van der Waals surface area contributed by atoms with Gasteiger partial charge in [-0.3, -0.25) is 4.79 Å². The minimum Gasteiger partial charge on any atom is -0.354 e. The average molecular weight is 568 g/mol. The maximum absolute atomic E-state index is 15.4. The van der Waals surface area contributed by atoms with Crippen molar-refractivity contribution in [3.8, 4) is 0 Å². The minimum absolute atomic E-state index is 0.0173. The molecule has 3 aliphatic rings. The molecule has 1 aromatic heterocycles. The van der Waals surface area contributed by atoms with E-state index in [1.807, 2.05) is 0 Å². The van der Waals surface area contributed by atoms with Crippen molar-refractivity contribution in [1.29, 1.82) is 0 Å². The van der Waals surface area contributed by atoms with Gasteiger partial charge in [0.25, 0.3) is 5.92 Å². The zero-order chi connectivity index (χ0) is 27.1. The number of anilines is 2. The number of carbonyl (C=O) groups excluding carboxylic acids is 1. The normalized spacial score (nSPS) is 23.7. The number of sulfonamides is 1. The van der Waals surface area contributed by atoms with Crippen LogP contribution in [0.15, 0.2) is 41.3 Å². The molecule has 206 valence electrons. The van der Waals surface area contributed by atoms with E-state index in [1.165, 1.54) is 28.6 Å². The quantitative estimate of drug-likeness (QED) is 0.530. The summed E-state index contributed by atoms with van der Waals surface area (Å²) in [7, 11) is -3.75. The Kier molecular flexibility index (Phi) is 7.65. The third-order valence-electron chi connectivity index (χ3n) is 7.87. The predicted molar refractivity (Wildman–Crippen MR) is 142 cm³/mol. The number of alkyl halides is 2. The second-order valence-corrected chi connectivity index (χ2v) is 12.6. The first-order valence-electron chi connectivity index (χ1n) is 13.0. The molecule has 3 fully saturated rings. The van der Waals surface area contributed by atoms with E-state index >= 15 is 8.78 Å². The van der Waals surface area contributed by atoms with E-state index in [-0.39, 0.29) is 53.7 Å². The van der Waals surface area contributed by atoms with E-state index < -0.39 is 21.9 Å². The van der Waals surface area contributed by atoms with Crippen LogP contribution in [-0.4, -0.2) is 62.4 Å². The largest absolute Gasteiger partial charge is 0.354 e. The Labute approximate surface area is 226 Å². The fraction of sp³-hybridized carbons (Fsp3) is 0.538. The topological polar surface area (TPSA) is 99.8 Å². The number of benzene rings is 1. The second-order valence-electron chi connectivity index (χ2n) is 10.3. The number of nitrogens with two attached hydrogens (primary N) is 1. The van der Waals surface area contributed by atoms with Crippen LogP contribution in [0.1, 0.15) is 44.1 Å². The molecule has 0 radical (unpaired) electrons. The summed E-state index contributed by atoms with van der Waals surface area (Å²) in [6.45, 7) is 1.56. The Morgan fingerprint density at radius 2 is 1.63 bits per heavy atom. The van der Waals surface area contributed by atoms with Gasteiger partial charge in [0, 0.05) is 62.4 Å². The van der Waals surface area contributed by atoms with Crippen molar-refractivity contribution in [3.63, 3.8) is 0 Å². The third-order valence-corrected chi connectivity index (χ3v) is 9.98. The Bertz CT molecular complexity index is 1280. The molecular weight excluding hydrogens is 536 g/mol. The van der Waals surface area contributed by atoms with Gasteiger partial charge in [0.15, 0.2) is 0 Å². The lowest BCUT2D eigenvalue weighted by Gasteiger charge is -2.36. The van der Waals surface area contributed by atoms with Crippen molar-refractivity contribution in [2.75, 3.05) is 42.5 Å². The number of nitrogens with zero attached hydrogens (tertiary/aromatic N) is 4. The van der Waals surface area contributed by atoms with E-state index in [0.717, 1.165) is 6.42 Å². The third kappa shape index (κ3) is 5.38. The molecule has 2 N–H and O–H groups in total. The molecule has 2 aliphatic heterocycles. The molecule has 1 aliphatic carbocycles. The molecule has 0 spiro atoms. The summed E-state index contributed by atoms with van der Waals surface area (Å²) in [6, 6.07) is 8.93. The first kappa shape index (κ1) is 27.2. The highest BCUT2D eigenvalue weighted by molar-refractivity contribution is 7.89.